The Kier molecular flexibility index (Phi) is 3.27. The molecular weight excluding hydrogens is 284 g/mol. The number of hydrogen-bond donors (Lipinski definition) is 2. The summed E-state index contributed by atoms with van der Waals surface area (Å²) in [6, 6.07) is 15.1. The molecule has 0 unspecified atom stereocenters. The molecule has 2 aromatic rings. The van der Waals surface area contributed by atoms with E-state index < -0.39 is 11.8 Å². The molecule has 4 nitrogen and oxygen atoms in total. The number of carbonyl (C=O) groups excluding carboxylic acids is 2. The van der Waals surface area contributed by atoms with Crippen LogP contribution in [0.3, 0.4) is 0 Å². The van der Waals surface area contributed by atoms with Crippen molar-refractivity contribution >= 4 is 29.1 Å². The fourth-order valence-electron chi connectivity index (χ4n) is 2.43. The fraction of sp³-hybridized carbons (Fsp3) is 0. The zero-order valence-electron chi connectivity index (χ0n) is 11.0. The summed E-state index contributed by atoms with van der Waals surface area (Å²) < 4.78 is 0. The predicted octanol–water partition coefficient (Wildman–Crippen LogP) is 1.92. The summed E-state index contributed by atoms with van der Waals surface area (Å²) in [4.78, 5) is 25.4. The van der Waals surface area contributed by atoms with E-state index >= 15 is 0 Å². The van der Waals surface area contributed by atoms with Crippen LogP contribution in [0.4, 0.5) is 0 Å². The van der Waals surface area contributed by atoms with E-state index in [0.717, 1.165) is 20.9 Å². The van der Waals surface area contributed by atoms with Gasteiger partial charge in [0.15, 0.2) is 0 Å². The van der Waals surface area contributed by atoms with Crippen LogP contribution in [0.2, 0.25) is 0 Å². The molecule has 5 heteroatoms. The highest BCUT2D eigenvalue weighted by molar-refractivity contribution is 7.99. The topological polar surface area (TPSA) is 86.2 Å². The van der Waals surface area contributed by atoms with E-state index in [2.05, 4.69) is 0 Å². The first-order valence-corrected chi connectivity index (χ1v) is 7.12. The highest BCUT2D eigenvalue weighted by atomic mass is 32.2. The molecular formula is C16H12N2O2S. The molecule has 1 aliphatic heterocycles. The molecule has 0 aliphatic carbocycles. The Morgan fingerprint density at radius 1 is 0.762 bits per heavy atom. The first kappa shape index (κ1) is 13.5. The zero-order valence-corrected chi connectivity index (χ0v) is 11.8. The van der Waals surface area contributed by atoms with Crippen LogP contribution in [0.25, 0.3) is 5.57 Å². The van der Waals surface area contributed by atoms with E-state index in [1.54, 1.807) is 11.8 Å². The molecule has 1 aliphatic rings. The Labute approximate surface area is 125 Å². The monoisotopic (exact) mass is 296 g/mol. The molecule has 21 heavy (non-hydrogen) atoms. The van der Waals surface area contributed by atoms with Gasteiger partial charge in [-0.05, 0) is 23.3 Å². The quantitative estimate of drug-likeness (QED) is 0.430. The molecule has 0 fully saturated rings. The number of rotatable bonds is 2. The minimum atomic E-state index is -0.811. The Morgan fingerprint density at radius 2 is 1.19 bits per heavy atom. The summed E-state index contributed by atoms with van der Waals surface area (Å²) in [7, 11) is 0. The van der Waals surface area contributed by atoms with Crippen LogP contribution in [0.5, 0.6) is 0 Å². The first-order chi connectivity index (χ1) is 10.1. The number of nitrogens with two attached hydrogens (primary N) is 2. The van der Waals surface area contributed by atoms with Crippen molar-refractivity contribution in [1.82, 2.24) is 0 Å². The third-order valence-electron chi connectivity index (χ3n) is 3.28. The average Bonchev–Trinajstić information content (AvgIpc) is 2.46. The van der Waals surface area contributed by atoms with Crippen molar-refractivity contribution in [3.8, 4) is 0 Å². The second-order valence-electron chi connectivity index (χ2n) is 4.57. The molecule has 0 bridgehead atoms. The largest absolute Gasteiger partial charge is 0.365 e. The highest BCUT2D eigenvalue weighted by Gasteiger charge is 2.27. The van der Waals surface area contributed by atoms with E-state index in [1.165, 1.54) is 0 Å². The molecule has 2 amide bonds. The molecule has 3 rings (SSSR count). The number of carbonyl (C=O) groups is 2. The summed E-state index contributed by atoms with van der Waals surface area (Å²) in [6.45, 7) is 0. The lowest BCUT2D eigenvalue weighted by Crippen LogP contribution is -2.28. The SMILES string of the molecule is NC(=O)C(C(N)=O)=C1c2ccccc2Sc2ccccc21. The van der Waals surface area contributed by atoms with Crippen LogP contribution in [0, 0.1) is 0 Å². The van der Waals surface area contributed by atoms with E-state index in [1.807, 2.05) is 48.5 Å². The second-order valence-corrected chi connectivity index (χ2v) is 5.66. The van der Waals surface area contributed by atoms with Gasteiger partial charge in [0.2, 0.25) is 0 Å². The number of primary amides is 2. The van der Waals surface area contributed by atoms with Crippen LogP contribution in [0.15, 0.2) is 63.9 Å². The van der Waals surface area contributed by atoms with Gasteiger partial charge in [0.1, 0.15) is 5.57 Å². The Hall–Kier alpha value is -2.53. The summed E-state index contributed by atoms with van der Waals surface area (Å²) in [6.07, 6.45) is 0. The van der Waals surface area contributed by atoms with Gasteiger partial charge in [0.05, 0.1) is 0 Å². The predicted molar refractivity (Wildman–Crippen MR) is 81.4 cm³/mol. The van der Waals surface area contributed by atoms with Crippen molar-refractivity contribution in [3.05, 3.63) is 65.2 Å². The van der Waals surface area contributed by atoms with E-state index in [9.17, 15) is 9.59 Å². The van der Waals surface area contributed by atoms with E-state index in [-0.39, 0.29) is 5.57 Å². The Balaban J connectivity index is 2.41. The third-order valence-corrected chi connectivity index (χ3v) is 4.43. The number of hydrogen-bond acceptors (Lipinski definition) is 3. The van der Waals surface area contributed by atoms with Crippen LogP contribution >= 0.6 is 11.8 Å². The minimum Gasteiger partial charge on any atom is -0.365 e. The molecule has 1 heterocycles. The minimum absolute atomic E-state index is 0.157. The van der Waals surface area contributed by atoms with Crippen molar-refractivity contribution in [2.75, 3.05) is 0 Å². The smallest absolute Gasteiger partial charge is 0.254 e. The lowest BCUT2D eigenvalue weighted by atomic mass is 9.91. The van der Waals surface area contributed by atoms with Crippen LogP contribution in [-0.4, -0.2) is 11.8 Å². The Morgan fingerprint density at radius 3 is 1.62 bits per heavy atom. The molecule has 0 spiro atoms. The maximum absolute atomic E-state index is 11.7. The van der Waals surface area contributed by atoms with Crippen LogP contribution in [-0.2, 0) is 9.59 Å². The maximum Gasteiger partial charge on any atom is 0.254 e. The maximum atomic E-state index is 11.7. The molecule has 4 N–H and O–H groups in total. The average molecular weight is 296 g/mol. The van der Waals surface area contributed by atoms with Gasteiger partial charge in [-0.2, -0.15) is 0 Å². The van der Waals surface area contributed by atoms with Gasteiger partial charge in [-0.25, -0.2) is 0 Å². The molecule has 0 radical (unpaired) electrons. The summed E-state index contributed by atoms with van der Waals surface area (Å²) in [5.41, 5.74) is 12.7. The zero-order chi connectivity index (χ0) is 15.0. The summed E-state index contributed by atoms with van der Waals surface area (Å²) in [5.74, 6) is -1.62. The fourth-order valence-corrected chi connectivity index (χ4v) is 3.52. The molecule has 0 saturated heterocycles. The summed E-state index contributed by atoms with van der Waals surface area (Å²) >= 11 is 1.59. The van der Waals surface area contributed by atoms with Gasteiger partial charge in [0.25, 0.3) is 11.8 Å². The van der Waals surface area contributed by atoms with Gasteiger partial charge >= 0.3 is 0 Å². The Bertz CT molecular complexity index is 733. The standard InChI is InChI=1S/C16H12N2O2S/c17-15(19)14(16(18)20)13-9-5-1-3-7-11(9)21-12-8-4-2-6-10(12)13/h1-8H,(H2,17,19)(H2,18,20). The molecule has 0 atom stereocenters. The van der Waals surface area contributed by atoms with Gasteiger partial charge in [-0.3, -0.25) is 9.59 Å². The number of amides is 2. The number of fused-ring (bicyclic) bond motifs is 2. The van der Waals surface area contributed by atoms with Gasteiger partial charge < -0.3 is 11.5 Å². The summed E-state index contributed by atoms with van der Waals surface area (Å²) in [5, 5.41) is 0. The molecule has 0 saturated carbocycles. The van der Waals surface area contributed by atoms with Crippen molar-refractivity contribution in [1.29, 1.82) is 0 Å². The lowest BCUT2D eigenvalue weighted by molar-refractivity contribution is -0.120. The lowest BCUT2D eigenvalue weighted by Gasteiger charge is -2.23. The molecule has 2 aromatic carbocycles. The third kappa shape index (κ3) is 2.21. The van der Waals surface area contributed by atoms with Gasteiger partial charge in [-0.15, -0.1) is 0 Å². The normalized spacial score (nSPS) is 12.3. The van der Waals surface area contributed by atoms with E-state index in [0.29, 0.717) is 5.57 Å². The van der Waals surface area contributed by atoms with Crippen molar-refractivity contribution in [3.63, 3.8) is 0 Å². The van der Waals surface area contributed by atoms with Crippen molar-refractivity contribution in [2.45, 2.75) is 9.79 Å². The second kappa shape index (κ2) is 5.10. The first-order valence-electron chi connectivity index (χ1n) is 6.30. The van der Waals surface area contributed by atoms with Crippen LogP contribution in [0.1, 0.15) is 11.1 Å². The van der Waals surface area contributed by atoms with Gasteiger partial charge in [-0.1, -0.05) is 48.2 Å². The molecule has 104 valence electrons. The van der Waals surface area contributed by atoms with E-state index in [4.69, 9.17) is 11.5 Å². The van der Waals surface area contributed by atoms with Gasteiger partial charge in [0, 0.05) is 15.4 Å². The number of benzene rings is 2. The van der Waals surface area contributed by atoms with Crippen LogP contribution < -0.4 is 11.5 Å². The van der Waals surface area contributed by atoms with Crippen molar-refractivity contribution in [2.24, 2.45) is 11.5 Å². The highest BCUT2D eigenvalue weighted by Crippen LogP contribution is 2.46. The molecule has 0 aromatic heterocycles. The van der Waals surface area contributed by atoms with Crippen molar-refractivity contribution < 1.29 is 9.59 Å².